The minimum absolute atomic E-state index is 0. The number of halogens is 1. The molecule has 0 bridgehead atoms. The first kappa shape index (κ1) is 27.9. The van der Waals surface area contributed by atoms with E-state index in [0.717, 1.165) is 43.2 Å². The molecular weight excluding hydrogens is 505 g/mol. The molecule has 0 saturated carbocycles. The zero-order chi connectivity index (χ0) is 21.6. The van der Waals surface area contributed by atoms with Crippen molar-refractivity contribution in [2.75, 3.05) is 73.7 Å². The van der Waals surface area contributed by atoms with E-state index in [4.69, 9.17) is 9.47 Å². The van der Waals surface area contributed by atoms with E-state index in [0.29, 0.717) is 19.8 Å². The summed E-state index contributed by atoms with van der Waals surface area (Å²) < 4.78 is 11.1. The predicted octanol–water partition coefficient (Wildman–Crippen LogP) is 2.72. The van der Waals surface area contributed by atoms with Gasteiger partial charge in [-0.3, -0.25) is 4.99 Å². The summed E-state index contributed by atoms with van der Waals surface area (Å²) in [7, 11) is 5.75. The summed E-state index contributed by atoms with van der Waals surface area (Å²) in [5.41, 5.74) is 2.33. The van der Waals surface area contributed by atoms with Gasteiger partial charge in [-0.05, 0) is 58.1 Å². The van der Waals surface area contributed by atoms with Crippen LogP contribution in [-0.4, -0.2) is 89.4 Å². The Morgan fingerprint density at radius 2 is 1.94 bits per heavy atom. The lowest BCUT2D eigenvalue weighted by molar-refractivity contribution is 0.171. The molecule has 0 radical (unpaired) electrons. The van der Waals surface area contributed by atoms with Crippen molar-refractivity contribution < 1.29 is 9.47 Å². The van der Waals surface area contributed by atoms with Gasteiger partial charge in [0, 0.05) is 58.9 Å². The highest BCUT2D eigenvalue weighted by atomic mass is 127. The summed E-state index contributed by atoms with van der Waals surface area (Å²) in [6.07, 6.45) is 3.26. The lowest BCUT2D eigenvalue weighted by atomic mass is 10.1. The molecule has 1 aliphatic rings. The summed E-state index contributed by atoms with van der Waals surface area (Å²) >= 11 is 0. The Bertz CT molecular complexity index is 644. The maximum Gasteiger partial charge on any atom is 0.191 e. The molecular formula is C23H42IN5O2. The van der Waals surface area contributed by atoms with Crippen LogP contribution in [0.15, 0.2) is 23.2 Å². The Hall–Kier alpha value is -1.10. The van der Waals surface area contributed by atoms with Crippen LogP contribution in [0.3, 0.4) is 0 Å². The fourth-order valence-electron chi connectivity index (χ4n) is 3.56. The van der Waals surface area contributed by atoms with Gasteiger partial charge in [0.1, 0.15) is 5.75 Å². The number of aliphatic imine (C=N–C) groups is 1. The molecule has 0 aromatic heterocycles. The van der Waals surface area contributed by atoms with E-state index >= 15 is 0 Å². The van der Waals surface area contributed by atoms with E-state index in [1.54, 1.807) is 7.11 Å². The minimum Gasteiger partial charge on any atom is -0.493 e. The molecule has 1 fully saturated rings. The third-order valence-corrected chi connectivity index (χ3v) is 5.40. The van der Waals surface area contributed by atoms with Crippen molar-refractivity contribution in [1.82, 2.24) is 20.4 Å². The van der Waals surface area contributed by atoms with Crippen molar-refractivity contribution >= 4 is 29.9 Å². The third-order valence-electron chi connectivity index (χ3n) is 5.40. The smallest absolute Gasteiger partial charge is 0.191 e. The molecule has 1 aromatic rings. The summed E-state index contributed by atoms with van der Waals surface area (Å²) in [5.74, 6) is 1.76. The van der Waals surface area contributed by atoms with Crippen LogP contribution in [0.2, 0.25) is 0 Å². The maximum atomic E-state index is 5.98. The van der Waals surface area contributed by atoms with Gasteiger partial charge < -0.3 is 29.9 Å². The summed E-state index contributed by atoms with van der Waals surface area (Å²) in [6.45, 7) is 10.9. The number of nitrogens with zero attached hydrogens (tertiary/aromatic N) is 3. The molecule has 1 aromatic carbocycles. The molecule has 7 nitrogen and oxygen atoms in total. The van der Waals surface area contributed by atoms with Gasteiger partial charge >= 0.3 is 0 Å². The molecule has 2 rings (SSSR count). The first-order valence-electron chi connectivity index (χ1n) is 11.2. The molecule has 8 heteroatoms. The molecule has 1 aliphatic heterocycles. The largest absolute Gasteiger partial charge is 0.493 e. The fourth-order valence-corrected chi connectivity index (χ4v) is 3.56. The number of ether oxygens (including phenoxy) is 2. The number of hydrogen-bond donors (Lipinski definition) is 2. The lowest BCUT2D eigenvalue weighted by Crippen LogP contribution is -2.38. The Labute approximate surface area is 206 Å². The van der Waals surface area contributed by atoms with E-state index in [-0.39, 0.29) is 24.0 Å². The normalized spacial score (nSPS) is 15.8. The molecule has 2 N–H and O–H groups in total. The lowest BCUT2D eigenvalue weighted by Gasteiger charge is -2.20. The predicted molar refractivity (Wildman–Crippen MR) is 140 cm³/mol. The van der Waals surface area contributed by atoms with Gasteiger partial charge in [0.2, 0.25) is 0 Å². The zero-order valence-electron chi connectivity index (χ0n) is 19.8. The SMILES string of the molecule is CN=C(NCCCN1CCCN(C)CC1)NCc1ccc(C)cc1OCCCOC.I. The molecule has 31 heavy (non-hydrogen) atoms. The molecule has 0 spiro atoms. The Balaban J connectivity index is 0.00000480. The topological polar surface area (TPSA) is 61.4 Å². The van der Waals surface area contributed by atoms with E-state index in [2.05, 4.69) is 57.6 Å². The molecule has 1 saturated heterocycles. The van der Waals surface area contributed by atoms with Gasteiger partial charge in [0.25, 0.3) is 0 Å². The Morgan fingerprint density at radius 1 is 1.10 bits per heavy atom. The van der Waals surface area contributed by atoms with Gasteiger partial charge in [-0.25, -0.2) is 0 Å². The number of benzene rings is 1. The molecule has 1 heterocycles. The van der Waals surface area contributed by atoms with Crippen molar-refractivity contribution in [2.24, 2.45) is 4.99 Å². The van der Waals surface area contributed by atoms with E-state index < -0.39 is 0 Å². The van der Waals surface area contributed by atoms with Crippen molar-refractivity contribution in [3.8, 4) is 5.75 Å². The molecule has 0 amide bonds. The first-order valence-corrected chi connectivity index (χ1v) is 11.2. The van der Waals surface area contributed by atoms with Crippen molar-refractivity contribution in [1.29, 1.82) is 0 Å². The van der Waals surface area contributed by atoms with Crippen LogP contribution in [0, 0.1) is 6.92 Å². The number of likely N-dealkylation sites (N-methyl/N-ethyl adjacent to an activating group) is 1. The second-order valence-corrected chi connectivity index (χ2v) is 8.01. The number of hydrogen-bond acceptors (Lipinski definition) is 5. The number of nitrogens with one attached hydrogen (secondary N) is 2. The summed E-state index contributed by atoms with van der Waals surface area (Å²) in [5, 5.41) is 6.85. The van der Waals surface area contributed by atoms with Gasteiger partial charge in [-0.1, -0.05) is 12.1 Å². The van der Waals surface area contributed by atoms with Crippen LogP contribution < -0.4 is 15.4 Å². The fraction of sp³-hybridized carbons (Fsp3) is 0.696. The zero-order valence-corrected chi connectivity index (χ0v) is 22.1. The number of aryl methyl sites for hydroxylation is 1. The van der Waals surface area contributed by atoms with Crippen LogP contribution in [0.1, 0.15) is 30.4 Å². The van der Waals surface area contributed by atoms with Crippen molar-refractivity contribution in [2.45, 2.75) is 32.7 Å². The van der Waals surface area contributed by atoms with Crippen LogP contribution >= 0.6 is 24.0 Å². The van der Waals surface area contributed by atoms with E-state index in [1.807, 2.05) is 7.05 Å². The summed E-state index contributed by atoms with van der Waals surface area (Å²) in [4.78, 5) is 9.35. The highest BCUT2D eigenvalue weighted by molar-refractivity contribution is 14.0. The summed E-state index contributed by atoms with van der Waals surface area (Å²) in [6, 6.07) is 6.34. The standard InChI is InChI=1S/C23H41N5O2.HI/c1-20-8-9-21(22(18-20)30-17-7-16-29-4)19-26-23(24-2)25-10-5-12-28-13-6-11-27(3)14-15-28;/h8-9,18H,5-7,10-17,19H2,1-4H3,(H2,24,25,26);1H. The number of guanidine groups is 1. The van der Waals surface area contributed by atoms with Gasteiger partial charge in [-0.2, -0.15) is 0 Å². The second-order valence-electron chi connectivity index (χ2n) is 8.01. The van der Waals surface area contributed by atoms with Crippen LogP contribution in [0.5, 0.6) is 5.75 Å². The van der Waals surface area contributed by atoms with Crippen molar-refractivity contribution in [3.63, 3.8) is 0 Å². The monoisotopic (exact) mass is 547 g/mol. The molecule has 0 aliphatic carbocycles. The first-order chi connectivity index (χ1) is 14.6. The Kier molecular flexibility index (Phi) is 14.9. The highest BCUT2D eigenvalue weighted by Gasteiger charge is 2.11. The number of rotatable bonds is 11. The molecule has 0 unspecified atom stereocenters. The van der Waals surface area contributed by atoms with Gasteiger partial charge in [0.15, 0.2) is 5.96 Å². The van der Waals surface area contributed by atoms with Gasteiger partial charge in [0.05, 0.1) is 6.61 Å². The van der Waals surface area contributed by atoms with Crippen LogP contribution in [-0.2, 0) is 11.3 Å². The average molecular weight is 548 g/mol. The Morgan fingerprint density at radius 3 is 2.71 bits per heavy atom. The van der Waals surface area contributed by atoms with Crippen LogP contribution in [0.25, 0.3) is 0 Å². The van der Waals surface area contributed by atoms with Crippen LogP contribution in [0.4, 0.5) is 0 Å². The van der Waals surface area contributed by atoms with Crippen molar-refractivity contribution in [3.05, 3.63) is 29.3 Å². The van der Waals surface area contributed by atoms with E-state index in [9.17, 15) is 0 Å². The maximum absolute atomic E-state index is 5.98. The third kappa shape index (κ3) is 11.4. The minimum atomic E-state index is 0. The second kappa shape index (κ2) is 16.5. The quantitative estimate of drug-likeness (QED) is 0.192. The van der Waals surface area contributed by atoms with Gasteiger partial charge in [-0.15, -0.1) is 24.0 Å². The molecule has 178 valence electrons. The average Bonchev–Trinajstić information content (AvgIpc) is 2.96. The number of methoxy groups -OCH3 is 1. The molecule has 0 atom stereocenters. The van der Waals surface area contributed by atoms with E-state index in [1.165, 1.54) is 38.2 Å². The highest BCUT2D eigenvalue weighted by Crippen LogP contribution is 2.20.